The lowest BCUT2D eigenvalue weighted by molar-refractivity contribution is -0.118. The zero-order valence-corrected chi connectivity index (χ0v) is 11.4. The molecule has 104 valence electrons. The Balaban J connectivity index is 1.83. The first kappa shape index (κ1) is 12.8. The fourth-order valence-corrected chi connectivity index (χ4v) is 2.44. The Kier molecular flexibility index (Phi) is 3.45. The van der Waals surface area contributed by atoms with Crippen LogP contribution in [0, 0.1) is 6.92 Å². The second-order valence-electron chi connectivity index (χ2n) is 4.88. The van der Waals surface area contributed by atoms with Crippen molar-refractivity contribution in [2.75, 3.05) is 11.4 Å². The van der Waals surface area contributed by atoms with Crippen molar-refractivity contribution in [2.45, 2.75) is 32.6 Å². The summed E-state index contributed by atoms with van der Waals surface area (Å²) in [6, 6.07) is 3.94. The van der Waals surface area contributed by atoms with Crippen molar-refractivity contribution in [1.29, 1.82) is 0 Å². The van der Waals surface area contributed by atoms with Crippen LogP contribution in [0.15, 0.2) is 22.7 Å². The number of hydrogen-bond acceptors (Lipinski definition) is 5. The lowest BCUT2D eigenvalue weighted by Crippen LogP contribution is -2.33. The van der Waals surface area contributed by atoms with E-state index in [1.54, 1.807) is 18.0 Å². The van der Waals surface area contributed by atoms with Crippen LogP contribution in [0.2, 0.25) is 0 Å². The van der Waals surface area contributed by atoms with Crippen LogP contribution in [0.4, 0.5) is 5.82 Å². The number of aryl methyl sites for hydroxylation is 2. The fourth-order valence-electron chi connectivity index (χ4n) is 2.44. The molecule has 0 atom stereocenters. The lowest BCUT2D eigenvalue weighted by atomic mass is 10.1. The summed E-state index contributed by atoms with van der Waals surface area (Å²) in [5.41, 5.74) is 1.13. The minimum Gasteiger partial charge on any atom is -0.425 e. The van der Waals surface area contributed by atoms with Gasteiger partial charge in [0, 0.05) is 19.7 Å². The van der Waals surface area contributed by atoms with E-state index in [2.05, 4.69) is 15.2 Å². The van der Waals surface area contributed by atoms with Crippen LogP contribution >= 0.6 is 0 Å². The standard InChI is InChI=1S/C14H16N4O2/c1-10-16-17-12(20-10)9-13(19)18-8-3-2-5-11-6-4-7-15-14(11)18/h4,6-7H,2-3,5,8-9H2,1H3. The molecule has 2 aromatic heterocycles. The number of amides is 1. The zero-order chi connectivity index (χ0) is 13.9. The van der Waals surface area contributed by atoms with Crippen LogP contribution in [-0.2, 0) is 17.6 Å². The van der Waals surface area contributed by atoms with Crippen molar-refractivity contribution in [3.63, 3.8) is 0 Å². The number of hydrogen-bond donors (Lipinski definition) is 0. The molecule has 0 saturated carbocycles. The molecule has 0 N–H and O–H groups in total. The molecule has 0 aliphatic carbocycles. The Morgan fingerprint density at radius 2 is 2.30 bits per heavy atom. The van der Waals surface area contributed by atoms with Crippen LogP contribution in [0.25, 0.3) is 0 Å². The van der Waals surface area contributed by atoms with E-state index in [0.717, 1.165) is 30.6 Å². The second kappa shape index (κ2) is 5.40. The number of carbonyl (C=O) groups excluding carboxylic acids is 1. The van der Waals surface area contributed by atoms with Crippen molar-refractivity contribution in [2.24, 2.45) is 0 Å². The van der Waals surface area contributed by atoms with Crippen LogP contribution in [0.1, 0.15) is 30.2 Å². The molecule has 2 aromatic rings. The summed E-state index contributed by atoms with van der Waals surface area (Å²) in [5, 5.41) is 7.62. The normalized spacial score (nSPS) is 14.8. The van der Waals surface area contributed by atoms with E-state index in [1.165, 1.54) is 0 Å². The number of anilines is 1. The first-order chi connectivity index (χ1) is 9.74. The molecule has 0 fully saturated rings. The van der Waals surface area contributed by atoms with Gasteiger partial charge in [-0.3, -0.25) is 9.69 Å². The minimum atomic E-state index is -0.0458. The molecule has 0 saturated heterocycles. The molecule has 6 heteroatoms. The molecule has 20 heavy (non-hydrogen) atoms. The summed E-state index contributed by atoms with van der Waals surface area (Å²) < 4.78 is 5.27. The average Bonchev–Trinajstić information content (AvgIpc) is 2.74. The predicted molar refractivity (Wildman–Crippen MR) is 72.3 cm³/mol. The predicted octanol–water partition coefficient (Wildman–Crippen LogP) is 1.69. The molecule has 0 bridgehead atoms. The number of pyridine rings is 1. The summed E-state index contributed by atoms with van der Waals surface area (Å²) in [4.78, 5) is 18.6. The number of rotatable bonds is 2. The number of aromatic nitrogens is 3. The summed E-state index contributed by atoms with van der Waals surface area (Å²) in [6.07, 6.45) is 4.86. The lowest BCUT2D eigenvalue weighted by Gasteiger charge is -2.20. The number of carbonyl (C=O) groups is 1. The molecular formula is C14H16N4O2. The van der Waals surface area contributed by atoms with Gasteiger partial charge in [0.2, 0.25) is 17.7 Å². The topological polar surface area (TPSA) is 72.1 Å². The molecule has 3 heterocycles. The van der Waals surface area contributed by atoms with Gasteiger partial charge in [0.25, 0.3) is 0 Å². The monoisotopic (exact) mass is 272 g/mol. The van der Waals surface area contributed by atoms with Gasteiger partial charge in [0.1, 0.15) is 12.2 Å². The van der Waals surface area contributed by atoms with E-state index in [-0.39, 0.29) is 12.3 Å². The van der Waals surface area contributed by atoms with E-state index in [4.69, 9.17) is 4.42 Å². The van der Waals surface area contributed by atoms with Gasteiger partial charge in [0.05, 0.1) is 0 Å². The van der Waals surface area contributed by atoms with E-state index < -0.39 is 0 Å². The SMILES string of the molecule is Cc1nnc(CC(=O)N2CCCCc3cccnc32)o1. The average molecular weight is 272 g/mol. The van der Waals surface area contributed by atoms with Crippen LogP contribution in [0.5, 0.6) is 0 Å². The first-order valence-corrected chi connectivity index (χ1v) is 6.77. The molecule has 0 aromatic carbocycles. The van der Waals surface area contributed by atoms with Crippen LogP contribution < -0.4 is 4.90 Å². The largest absolute Gasteiger partial charge is 0.425 e. The van der Waals surface area contributed by atoms with E-state index in [9.17, 15) is 4.79 Å². The van der Waals surface area contributed by atoms with Gasteiger partial charge >= 0.3 is 0 Å². The Morgan fingerprint density at radius 3 is 3.10 bits per heavy atom. The minimum absolute atomic E-state index is 0.0458. The van der Waals surface area contributed by atoms with E-state index in [0.29, 0.717) is 18.3 Å². The van der Waals surface area contributed by atoms with Gasteiger partial charge in [-0.05, 0) is 30.9 Å². The first-order valence-electron chi connectivity index (χ1n) is 6.77. The van der Waals surface area contributed by atoms with Gasteiger partial charge in [0.15, 0.2) is 0 Å². The third kappa shape index (κ3) is 2.54. The van der Waals surface area contributed by atoms with Crippen molar-refractivity contribution in [1.82, 2.24) is 15.2 Å². The van der Waals surface area contributed by atoms with E-state index in [1.807, 2.05) is 12.1 Å². The Labute approximate surface area is 116 Å². The number of nitrogens with zero attached hydrogens (tertiary/aromatic N) is 4. The van der Waals surface area contributed by atoms with Crippen LogP contribution in [-0.4, -0.2) is 27.6 Å². The molecule has 1 aliphatic heterocycles. The van der Waals surface area contributed by atoms with Crippen molar-refractivity contribution < 1.29 is 9.21 Å². The third-order valence-corrected chi connectivity index (χ3v) is 3.37. The molecule has 0 spiro atoms. The van der Waals surface area contributed by atoms with Crippen molar-refractivity contribution in [3.05, 3.63) is 35.7 Å². The zero-order valence-electron chi connectivity index (χ0n) is 11.4. The highest BCUT2D eigenvalue weighted by Gasteiger charge is 2.23. The maximum Gasteiger partial charge on any atom is 0.237 e. The third-order valence-electron chi connectivity index (χ3n) is 3.37. The quantitative estimate of drug-likeness (QED) is 0.831. The maximum absolute atomic E-state index is 12.5. The Morgan fingerprint density at radius 1 is 1.40 bits per heavy atom. The highest BCUT2D eigenvalue weighted by Crippen LogP contribution is 2.24. The highest BCUT2D eigenvalue weighted by atomic mass is 16.4. The van der Waals surface area contributed by atoms with Gasteiger partial charge in [-0.15, -0.1) is 10.2 Å². The van der Waals surface area contributed by atoms with Gasteiger partial charge < -0.3 is 4.42 Å². The Hall–Kier alpha value is -2.24. The molecule has 6 nitrogen and oxygen atoms in total. The summed E-state index contributed by atoms with van der Waals surface area (Å²) in [7, 11) is 0. The molecule has 0 unspecified atom stereocenters. The fraction of sp³-hybridized carbons (Fsp3) is 0.429. The summed E-state index contributed by atoms with van der Waals surface area (Å²) in [5.74, 6) is 1.55. The molecule has 3 rings (SSSR count). The molecule has 1 aliphatic rings. The van der Waals surface area contributed by atoms with E-state index >= 15 is 0 Å². The van der Waals surface area contributed by atoms with Crippen LogP contribution in [0.3, 0.4) is 0 Å². The highest BCUT2D eigenvalue weighted by molar-refractivity contribution is 5.94. The van der Waals surface area contributed by atoms with Crippen molar-refractivity contribution >= 4 is 11.7 Å². The smallest absolute Gasteiger partial charge is 0.237 e. The van der Waals surface area contributed by atoms with Gasteiger partial charge in [-0.2, -0.15) is 0 Å². The molecule has 0 radical (unpaired) electrons. The van der Waals surface area contributed by atoms with Gasteiger partial charge in [-0.1, -0.05) is 6.07 Å². The second-order valence-corrected chi connectivity index (χ2v) is 4.88. The summed E-state index contributed by atoms with van der Waals surface area (Å²) in [6.45, 7) is 2.40. The maximum atomic E-state index is 12.5. The number of fused-ring (bicyclic) bond motifs is 1. The molecular weight excluding hydrogens is 256 g/mol. The van der Waals surface area contributed by atoms with Crippen molar-refractivity contribution in [3.8, 4) is 0 Å². The Bertz CT molecular complexity index is 623. The summed E-state index contributed by atoms with van der Waals surface area (Å²) >= 11 is 0. The molecule has 1 amide bonds. The van der Waals surface area contributed by atoms with Gasteiger partial charge in [-0.25, -0.2) is 4.98 Å².